The average molecular weight is 247 g/mol. The van der Waals surface area contributed by atoms with Gasteiger partial charge in [0.05, 0.1) is 12.2 Å². The standard InChI is InChI=1S/C12H17N5O/c1-2-13-9-11-10-17(15-14-11)8-7-16-6-4-3-5-12(16)18/h3-6,10,13H,2,7-9H2,1H3. The van der Waals surface area contributed by atoms with Crippen molar-refractivity contribution in [1.29, 1.82) is 0 Å². The summed E-state index contributed by atoms with van der Waals surface area (Å²) < 4.78 is 3.41. The minimum Gasteiger partial charge on any atom is -0.314 e. The van der Waals surface area contributed by atoms with Crippen molar-refractivity contribution < 1.29 is 0 Å². The van der Waals surface area contributed by atoms with E-state index in [9.17, 15) is 4.79 Å². The highest BCUT2D eigenvalue weighted by molar-refractivity contribution is 4.94. The Morgan fingerprint density at radius 3 is 3.00 bits per heavy atom. The Bertz CT molecular complexity index is 545. The minimum absolute atomic E-state index is 0.00508. The maximum absolute atomic E-state index is 11.5. The van der Waals surface area contributed by atoms with Gasteiger partial charge >= 0.3 is 0 Å². The molecule has 0 amide bonds. The first-order valence-corrected chi connectivity index (χ1v) is 6.05. The average Bonchev–Trinajstić information content (AvgIpc) is 2.83. The monoisotopic (exact) mass is 247 g/mol. The molecule has 0 aliphatic rings. The molecule has 0 unspecified atom stereocenters. The molecular weight excluding hydrogens is 230 g/mol. The Morgan fingerprint density at radius 1 is 1.33 bits per heavy atom. The molecule has 0 saturated heterocycles. The van der Waals surface area contributed by atoms with Crippen LogP contribution in [0.25, 0.3) is 0 Å². The van der Waals surface area contributed by atoms with E-state index in [1.807, 2.05) is 19.2 Å². The van der Waals surface area contributed by atoms with Crippen LogP contribution >= 0.6 is 0 Å². The van der Waals surface area contributed by atoms with Crippen LogP contribution in [0.3, 0.4) is 0 Å². The van der Waals surface area contributed by atoms with Gasteiger partial charge in [-0.15, -0.1) is 5.10 Å². The Kier molecular flexibility index (Phi) is 4.25. The lowest BCUT2D eigenvalue weighted by molar-refractivity contribution is 0.511. The molecule has 0 spiro atoms. The zero-order valence-corrected chi connectivity index (χ0v) is 10.4. The SMILES string of the molecule is CCNCc1cn(CCn2ccccc2=O)nn1. The zero-order valence-electron chi connectivity index (χ0n) is 10.4. The van der Waals surface area contributed by atoms with Crippen molar-refractivity contribution in [1.82, 2.24) is 24.9 Å². The zero-order chi connectivity index (χ0) is 12.8. The van der Waals surface area contributed by atoms with Gasteiger partial charge in [0.25, 0.3) is 5.56 Å². The third-order valence-electron chi connectivity index (χ3n) is 2.61. The van der Waals surface area contributed by atoms with Crippen LogP contribution in [-0.4, -0.2) is 26.1 Å². The van der Waals surface area contributed by atoms with Crippen LogP contribution in [0.4, 0.5) is 0 Å². The first-order valence-electron chi connectivity index (χ1n) is 6.05. The second-order valence-corrected chi connectivity index (χ2v) is 3.99. The lowest BCUT2D eigenvalue weighted by Gasteiger charge is -2.03. The quantitative estimate of drug-likeness (QED) is 0.794. The fraction of sp³-hybridized carbons (Fsp3) is 0.417. The number of nitrogens with zero attached hydrogens (tertiary/aromatic N) is 4. The molecule has 6 heteroatoms. The highest BCUT2D eigenvalue weighted by Crippen LogP contribution is 1.93. The van der Waals surface area contributed by atoms with Crippen molar-refractivity contribution >= 4 is 0 Å². The number of nitrogens with one attached hydrogen (secondary N) is 1. The first-order chi connectivity index (χ1) is 8.79. The predicted molar refractivity (Wildman–Crippen MR) is 68.1 cm³/mol. The minimum atomic E-state index is 0.00508. The van der Waals surface area contributed by atoms with Gasteiger partial charge in [0.2, 0.25) is 0 Å². The number of hydrogen-bond donors (Lipinski definition) is 1. The molecule has 2 aromatic heterocycles. The molecule has 0 aromatic carbocycles. The number of aromatic nitrogens is 4. The van der Waals surface area contributed by atoms with Gasteiger partial charge < -0.3 is 9.88 Å². The van der Waals surface area contributed by atoms with E-state index >= 15 is 0 Å². The van der Waals surface area contributed by atoms with Gasteiger partial charge in [0.1, 0.15) is 0 Å². The Labute approximate surface area is 105 Å². The van der Waals surface area contributed by atoms with Crippen LogP contribution < -0.4 is 10.9 Å². The number of hydrogen-bond acceptors (Lipinski definition) is 4. The number of pyridine rings is 1. The van der Waals surface area contributed by atoms with E-state index in [0.29, 0.717) is 13.1 Å². The Morgan fingerprint density at radius 2 is 2.22 bits per heavy atom. The van der Waals surface area contributed by atoms with E-state index in [1.165, 1.54) is 0 Å². The molecule has 0 saturated carbocycles. The van der Waals surface area contributed by atoms with Gasteiger partial charge in [-0.1, -0.05) is 18.2 Å². The fourth-order valence-electron chi connectivity index (χ4n) is 1.64. The molecule has 0 bridgehead atoms. The summed E-state index contributed by atoms with van der Waals surface area (Å²) >= 11 is 0. The van der Waals surface area contributed by atoms with Crippen LogP contribution in [0.1, 0.15) is 12.6 Å². The van der Waals surface area contributed by atoms with Gasteiger partial charge in [-0.3, -0.25) is 9.48 Å². The van der Waals surface area contributed by atoms with Crippen LogP contribution in [0.15, 0.2) is 35.4 Å². The third kappa shape index (κ3) is 3.27. The summed E-state index contributed by atoms with van der Waals surface area (Å²) in [6, 6.07) is 5.14. The van der Waals surface area contributed by atoms with E-state index in [-0.39, 0.29) is 5.56 Å². The highest BCUT2D eigenvalue weighted by atomic mass is 16.1. The van der Waals surface area contributed by atoms with Crippen molar-refractivity contribution in [3.63, 3.8) is 0 Å². The second-order valence-electron chi connectivity index (χ2n) is 3.99. The van der Waals surface area contributed by atoms with Crippen LogP contribution in [0.5, 0.6) is 0 Å². The second kappa shape index (κ2) is 6.11. The van der Waals surface area contributed by atoms with Crippen molar-refractivity contribution in [2.45, 2.75) is 26.6 Å². The van der Waals surface area contributed by atoms with Crippen LogP contribution in [0, 0.1) is 0 Å². The first kappa shape index (κ1) is 12.5. The van der Waals surface area contributed by atoms with Crippen molar-refractivity contribution in [2.24, 2.45) is 0 Å². The summed E-state index contributed by atoms with van der Waals surface area (Å²) in [4.78, 5) is 11.5. The molecule has 6 nitrogen and oxygen atoms in total. The fourth-order valence-corrected chi connectivity index (χ4v) is 1.64. The molecule has 2 heterocycles. The molecule has 2 aromatic rings. The third-order valence-corrected chi connectivity index (χ3v) is 2.61. The molecule has 0 aliphatic heterocycles. The van der Waals surface area contributed by atoms with Gasteiger partial charge in [-0.2, -0.15) is 0 Å². The molecule has 18 heavy (non-hydrogen) atoms. The number of rotatable bonds is 6. The Balaban J connectivity index is 1.92. The van der Waals surface area contributed by atoms with E-state index in [4.69, 9.17) is 0 Å². The van der Waals surface area contributed by atoms with E-state index in [2.05, 4.69) is 15.6 Å². The molecule has 1 N–H and O–H groups in total. The van der Waals surface area contributed by atoms with Crippen LogP contribution in [-0.2, 0) is 19.6 Å². The largest absolute Gasteiger partial charge is 0.314 e. The summed E-state index contributed by atoms with van der Waals surface area (Å²) in [6.45, 7) is 4.92. The molecule has 2 rings (SSSR count). The van der Waals surface area contributed by atoms with E-state index in [0.717, 1.165) is 18.8 Å². The van der Waals surface area contributed by atoms with E-state index in [1.54, 1.807) is 27.6 Å². The van der Waals surface area contributed by atoms with Gasteiger partial charge in [0, 0.05) is 31.5 Å². The normalized spacial score (nSPS) is 10.7. The molecule has 0 aliphatic carbocycles. The lowest BCUT2D eigenvalue weighted by atomic mass is 10.4. The molecule has 0 radical (unpaired) electrons. The van der Waals surface area contributed by atoms with E-state index < -0.39 is 0 Å². The molecular formula is C12H17N5O. The van der Waals surface area contributed by atoms with Gasteiger partial charge in [-0.25, -0.2) is 0 Å². The highest BCUT2D eigenvalue weighted by Gasteiger charge is 2.00. The van der Waals surface area contributed by atoms with Crippen molar-refractivity contribution in [3.05, 3.63) is 46.6 Å². The summed E-state index contributed by atoms with van der Waals surface area (Å²) in [7, 11) is 0. The summed E-state index contributed by atoms with van der Waals surface area (Å²) in [5, 5.41) is 11.3. The van der Waals surface area contributed by atoms with Gasteiger partial charge in [0.15, 0.2) is 0 Å². The predicted octanol–water partition coefficient (Wildman–Crippen LogP) is 0.249. The summed E-state index contributed by atoms with van der Waals surface area (Å²) in [6.07, 6.45) is 3.68. The Hall–Kier alpha value is -1.95. The molecule has 96 valence electrons. The smallest absolute Gasteiger partial charge is 0.250 e. The maximum atomic E-state index is 11.5. The number of aryl methyl sites for hydroxylation is 2. The van der Waals surface area contributed by atoms with Gasteiger partial charge in [-0.05, 0) is 12.6 Å². The molecule has 0 atom stereocenters. The van der Waals surface area contributed by atoms with Crippen molar-refractivity contribution in [3.8, 4) is 0 Å². The topological polar surface area (TPSA) is 64.7 Å². The summed E-state index contributed by atoms with van der Waals surface area (Å²) in [5.41, 5.74) is 0.919. The summed E-state index contributed by atoms with van der Waals surface area (Å²) in [5.74, 6) is 0. The van der Waals surface area contributed by atoms with Crippen LogP contribution in [0.2, 0.25) is 0 Å². The molecule has 0 fully saturated rings. The maximum Gasteiger partial charge on any atom is 0.250 e. The van der Waals surface area contributed by atoms with Crippen molar-refractivity contribution in [2.75, 3.05) is 6.54 Å². The lowest BCUT2D eigenvalue weighted by Crippen LogP contribution is -2.20.